The van der Waals surface area contributed by atoms with Gasteiger partial charge in [0, 0.05) is 39.3 Å². The number of hydrogen-bond donors (Lipinski definition) is 1. The molecule has 22 heavy (non-hydrogen) atoms. The van der Waals surface area contributed by atoms with Gasteiger partial charge in [0.1, 0.15) is 0 Å². The van der Waals surface area contributed by atoms with Crippen molar-refractivity contribution in [3.05, 3.63) is 35.9 Å². The van der Waals surface area contributed by atoms with Crippen LogP contribution in [0.5, 0.6) is 0 Å². The summed E-state index contributed by atoms with van der Waals surface area (Å²) in [4.78, 5) is 16.8. The molecule has 0 bridgehead atoms. The highest BCUT2D eigenvalue weighted by atomic mass is 16.5. The Balaban J connectivity index is 1.97. The molecule has 1 N–H and O–H groups in total. The van der Waals surface area contributed by atoms with Crippen LogP contribution in [0.1, 0.15) is 25.5 Å². The Hall–Kier alpha value is -1.43. The maximum atomic E-state index is 12.8. The maximum Gasteiger partial charge on any atom is 0.256 e. The van der Waals surface area contributed by atoms with E-state index in [2.05, 4.69) is 4.90 Å². The van der Waals surface area contributed by atoms with Gasteiger partial charge in [0.05, 0.1) is 6.10 Å². The third kappa shape index (κ3) is 4.53. The second kappa shape index (κ2) is 8.27. The van der Waals surface area contributed by atoms with Gasteiger partial charge in [0.15, 0.2) is 6.10 Å². The molecule has 1 saturated heterocycles. The summed E-state index contributed by atoms with van der Waals surface area (Å²) >= 11 is 0. The van der Waals surface area contributed by atoms with Crippen molar-refractivity contribution in [2.75, 3.05) is 39.3 Å². The Kier molecular flexibility index (Phi) is 6.36. The summed E-state index contributed by atoms with van der Waals surface area (Å²) < 4.78 is 5.69. The third-order valence-corrected chi connectivity index (χ3v) is 3.87. The normalized spacial score (nSPS) is 19.0. The zero-order valence-electron chi connectivity index (χ0n) is 13.4. The predicted molar refractivity (Wildman–Crippen MR) is 85.5 cm³/mol. The first-order valence-corrected chi connectivity index (χ1v) is 7.97. The number of β-amino-alcohol motifs (C(OH)–C–C–N with tert-alkyl or cyclic N) is 1. The molecule has 0 radical (unpaired) electrons. The first-order chi connectivity index (χ1) is 10.6. The Morgan fingerprint density at radius 1 is 1.23 bits per heavy atom. The second-order valence-corrected chi connectivity index (χ2v) is 5.72. The van der Waals surface area contributed by atoms with Crippen LogP contribution >= 0.6 is 0 Å². The molecule has 0 spiro atoms. The summed E-state index contributed by atoms with van der Waals surface area (Å²) in [6.07, 6.45) is -0.850. The van der Waals surface area contributed by atoms with Gasteiger partial charge >= 0.3 is 0 Å². The molecule has 0 saturated carbocycles. The molecule has 2 atom stereocenters. The van der Waals surface area contributed by atoms with E-state index in [1.54, 1.807) is 6.92 Å². The molecule has 1 amide bonds. The number of piperazine rings is 1. The average Bonchev–Trinajstić information content (AvgIpc) is 2.53. The average molecular weight is 306 g/mol. The molecule has 2 rings (SSSR count). The lowest BCUT2D eigenvalue weighted by Gasteiger charge is -2.36. The van der Waals surface area contributed by atoms with Crippen LogP contribution in [0.15, 0.2) is 30.3 Å². The number of nitrogens with zero attached hydrogens (tertiary/aromatic N) is 2. The minimum atomic E-state index is -0.519. The van der Waals surface area contributed by atoms with E-state index < -0.39 is 6.10 Å². The van der Waals surface area contributed by atoms with Crippen molar-refractivity contribution in [1.82, 2.24) is 9.80 Å². The first-order valence-electron chi connectivity index (χ1n) is 7.97. The number of aliphatic hydroxyl groups excluding tert-OH is 1. The van der Waals surface area contributed by atoms with Crippen molar-refractivity contribution < 1.29 is 14.6 Å². The van der Waals surface area contributed by atoms with Gasteiger partial charge in [0.2, 0.25) is 0 Å². The van der Waals surface area contributed by atoms with Crippen molar-refractivity contribution in [3.63, 3.8) is 0 Å². The fourth-order valence-electron chi connectivity index (χ4n) is 2.79. The van der Waals surface area contributed by atoms with Crippen LogP contribution in [0.25, 0.3) is 0 Å². The van der Waals surface area contributed by atoms with Crippen LogP contribution in [-0.4, -0.2) is 66.2 Å². The van der Waals surface area contributed by atoms with Crippen molar-refractivity contribution in [3.8, 4) is 0 Å². The lowest BCUT2D eigenvalue weighted by Crippen LogP contribution is -2.51. The molecule has 5 nitrogen and oxygen atoms in total. The van der Waals surface area contributed by atoms with E-state index in [1.165, 1.54) is 0 Å². The second-order valence-electron chi connectivity index (χ2n) is 5.72. The van der Waals surface area contributed by atoms with Crippen molar-refractivity contribution in [1.29, 1.82) is 0 Å². The Bertz CT molecular complexity index is 456. The van der Waals surface area contributed by atoms with E-state index in [-0.39, 0.29) is 12.0 Å². The van der Waals surface area contributed by atoms with Gasteiger partial charge in [-0.05, 0) is 19.4 Å². The molecule has 5 heteroatoms. The van der Waals surface area contributed by atoms with E-state index in [0.29, 0.717) is 26.2 Å². The van der Waals surface area contributed by atoms with Gasteiger partial charge in [-0.15, -0.1) is 0 Å². The lowest BCUT2D eigenvalue weighted by molar-refractivity contribution is -0.146. The van der Waals surface area contributed by atoms with Gasteiger partial charge in [-0.2, -0.15) is 0 Å². The third-order valence-electron chi connectivity index (χ3n) is 3.87. The standard InChI is InChI=1S/C17H26N2O3/c1-3-22-16(15-7-5-4-6-8-15)17(21)19-11-9-18(10-12-19)13-14(2)20/h4-8,14,16,20H,3,9-13H2,1-2H3/t14-,16-/m0/s1. The SMILES string of the molecule is CCO[C@H](C(=O)N1CCN(C[C@H](C)O)CC1)c1ccccc1. The number of aliphatic hydroxyl groups is 1. The van der Waals surface area contributed by atoms with Crippen molar-refractivity contribution in [2.24, 2.45) is 0 Å². The minimum absolute atomic E-state index is 0.0322. The molecule has 1 fully saturated rings. The molecule has 1 aromatic carbocycles. The molecular weight excluding hydrogens is 280 g/mol. The summed E-state index contributed by atoms with van der Waals surface area (Å²) in [6, 6.07) is 9.65. The van der Waals surface area contributed by atoms with Gasteiger partial charge < -0.3 is 14.7 Å². The van der Waals surface area contributed by atoms with Gasteiger partial charge in [-0.3, -0.25) is 9.69 Å². The van der Waals surface area contributed by atoms with Crippen LogP contribution in [0.3, 0.4) is 0 Å². The Morgan fingerprint density at radius 3 is 2.41 bits per heavy atom. The number of hydrogen-bond acceptors (Lipinski definition) is 4. The van der Waals surface area contributed by atoms with Crippen LogP contribution in [0, 0.1) is 0 Å². The lowest BCUT2D eigenvalue weighted by atomic mass is 10.1. The summed E-state index contributed by atoms with van der Waals surface area (Å²) in [5.74, 6) is 0.0322. The molecule has 0 aliphatic carbocycles. The van der Waals surface area contributed by atoms with Gasteiger partial charge in [-0.25, -0.2) is 0 Å². The van der Waals surface area contributed by atoms with Crippen LogP contribution in [0.2, 0.25) is 0 Å². The number of carbonyl (C=O) groups excluding carboxylic acids is 1. The molecular formula is C17H26N2O3. The highest BCUT2D eigenvalue weighted by molar-refractivity contribution is 5.82. The quantitative estimate of drug-likeness (QED) is 0.860. The smallest absolute Gasteiger partial charge is 0.256 e. The summed E-state index contributed by atoms with van der Waals surface area (Å²) in [5.41, 5.74) is 0.903. The molecule has 1 aromatic rings. The van der Waals surface area contributed by atoms with Crippen LogP contribution in [0.4, 0.5) is 0 Å². The van der Waals surface area contributed by atoms with E-state index in [0.717, 1.165) is 18.7 Å². The number of rotatable bonds is 6. The monoisotopic (exact) mass is 306 g/mol. The minimum Gasteiger partial charge on any atom is -0.392 e. The largest absolute Gasteiger partial charge is 0.392 e. The van der Waals surface area contributed by atoms with Crippen LogP contribution in [-0.2, 0) is 9.53 Å². The fourth-order valence-corrected chi connectivity index (χ4v) is 2.79. The molecule has 122 valence electrons. The fraction of sp³-hybridized carbons (Fsp3) is 0.588. The maximum absolute atomic E-state index is 12.8. The van der Waals surface area contributed by atoms with E-state index in [1.807, 2.05) is 42.2 Å². The first kappa shape index (κ1) is 16.9. The van der Waals surface area contributed by atoms with Crippen LogP contribution < -0.4 is 0 Å². The molecule has 0 unspecified atom stereocenters. The van der Waals surface area contributed by atoms with Crippen molar-refractivity contribution in [2.45, 2.75) is 26.1 Å². The van der Waals surface area contributed by atoms with Gasteiger partial charge in [-0.1, -0.05) is 30.3 Å². The number of benzene rings is 1. The zero-order chi connectivity index (χ0) is 15.9. The highest BCUT2D eigenvalue weighted by Crippen LogP contribution is 2.21. The molecule has 1 aliphatic rings. The predicted octanol–water partition coefficient (Wildman–Crippen LogP) is 1.29. The van der Waals surface area contributed by atoms with Crippen molar-refractivity contribution >= 4 is 5.91 Å². The van der Waals surface area contributed by atoms with Gasteiger partial charge in [0.25, 0.3) is 5.91 Å². The summed E-state index contributed by atoms with van der Waals surface area (Å²) in [7, 11) is 0. The highest BCUT2D eigenvalue weighted by Gasteiger charge is 2.29. The topological polar surface area (TPSA) is 53.0 Å². The molecule has 0 aromatic heterocycles. The number of amides is 1. The number of carbonyl (C=O) groups is 1. The Labute approximate surface area is 132 Å². The number of ether oxygens (including phenoxy) is 1. The molecule has 1 heterocycles. The summed E-state index contributed by atoms with van der Waals surface area (Å²) in [6.45, 7) is 7.82. The summed E-state index contributed by atoms with van der Waals surface area (Å²) in [5, 5.41) is 9.44. The zero-order valence-corrected chi connectivity index (χ0v) is 13.4. The molecule has 1 aliphatic heterocycles. The van der Waals surface area contributed by atoms with E-state index in [4.69, 9.17) is 4.74 Å². The van der Waals surface area contributed by atoms with E-state index >= 15 is 0 Å². The Morgan fingerprint density at radius 2 is 1.86 bits per heavy atom. The van der Waals surface area contributed by atoms with E-state index in [9.17, 15) is 9.90 Å².